The number of hydrogen-bond donors (Lipinski definition) is 2. The van der Waals surface area contributed by atoms with Gasteiger partial charge in [-0.25, -0.2) is 0 Å². The second kappa shape index (κ2) is 7.34. The fourth-order valence-electron chi connectivity index (χ4n) is 2.81. The Labute approximate surface area is 160 Å². The first-order valence-corrected chi connectivity index (χ1v) is 8.79. The second-order valence-corrected chi connectivity index (χ2v) is 8.42. The monoisotopic (exact) mass is 395 g/mol. The highest BCUT2D eigenvalue weighted by molar-refractivity contribution is 6.67. The topological polar surface area (TPSA) is 61.8 Å². The van der Waals surface area contributed by atoms with Crippen LogP contribution in [0.15, 0.2) is 60.8 Å². The molecule has 2 N–H and O–H groups in total. The molecule has 0 aliphatic rings. The van der Waals surface area contributed by atoms with E-state index in [0.29, 0.717) is 11.3 Å². The van der Waals surface area contributed by atoms with Gasteiger partial charge >= 0.3 is 0 Å². The molecule has 3 aromatic rings. The lowest BCUT2D eigenvalue weighted by atomic mass is 9.86. The number of nitrogens with zero attached hydrogens (tertiary/aromatic N) is 2. The summed E-state index contributed by atoms with van der Waals surface area (Å²) in [5, 5.41) is 21.5. The van der Waals surface area contributed by atoms with Crippen molar-refractivity contribution < 1.29 is 5.11 Å². The van der Waals surface area contributed by atoms with Crippen LogP contribution in [-0.4, -0.2) is 24.3 Å². The molecule has 0 aliphatic carbocycles. The molecule has 0 saturated heterocycles. The van der Waals surface area contributed by atoms with Crippen LogP contribution in [0.25, 0.3) is 11.1 Å². The molecule has 130 valence electrons. The van der Waals surface area contributed by atoms with E-state index in [1.54, 1.807) is 6.20 Å². The number of nitrogens with one attached hydrogen (secondary N) is 1. The first-order valence-electron chi connectivity index (χ1n) is 7.65. The van der Waals surface area contributed by atoms with Crippen LogP contribution in [0.3, 0.4) is 0 Å². The Morgan fingerprint density at radius 2 is 1.56 bits per heavy atom. The zero-order valence-corrected chi connectivity index (χ0v) is 15.4. The summed E-state index contributed by atoms with van der Waals surface area (Å²) in [6, 6.07) is 17.6. The van der Waals surface area contributed by atoms with Crippen LogP contribution in [-0.2, 0) is 12.0 Å². The average Bonchev–Trinajstić information content (AvgIpc) is 3.07. The third-order valence-corrected chi connectivity index (χ3v) is 4.36. The fourth-order valence-corrected chi connectivity index (χ4v) is 3.48. The molecule has 1 aromatic heterocycles. The molecule has 1 heterocycles. The van der Waals surface area contributed by atoms with E-state index in [2.05, 4.69) is 15.4 Å². The van der Waals surface area contributed by atoms with Crippen molar-refractivity contribution in [1.29, 1.82) is 0 Å². The van der Waals surface area contributed by atoms with Crippen LogP contribution in [0.5, 0.6) is 0 Å². The molecular formula is C18H16Cl3N3O. The van der Waals surface area contributed by atoms with Crippen molar-refractivity contribution in [1.82, 2.24) is 15.4 Å². The van der Waals surface area contributed by atoms with Crippen LogP contribution >= 0.6 is 34.8 Å². The number of aromatic amines is 1. The first kappa shape index (κ1) is 18.2. The maximum absolute atomic E-state index is 11.2. The highest BCUT2D eigenvalue weighted by Crippen LogP contribution is 2.41. The van der Waals surface area contributed by atoms with Crippen LogP contribution in [0.4, 0.5) is 0 Å². The maximum Gasteiger partial charge on any atom is 0.193 e. The van der Waals surface area contributed by atoms with Gasteiger partial charge < -0.3 is 5.11 Å². The van der Waals surface area contributed by atoms with Crippen molar-refractivity contribution in [2.75, 3.05) is 0 Å². The molecule has 1 atom stereocenters. The molecular weight excluding hydrogens is 381 g/mol. The van der Waals surface area contributed by atoms with Gasteiger partial charge in [0.1, 0.15) is 0 Å². The molecule has 2 aromatic carbocycles. The van der Waals surface area contributed by atoms with E-state index in [0.717, 1.165) is 11.1 Å². The molecule has 0 bridgehead atoms. The fraction of sp³-hybridized carbons (Fsp3) is 0.222. The first-order chi connectivity index (χ1) is 11.9. The van der Waals surface area contributed by atoms with Gasteiger partial charge in [0, 0.05) is 12.8 Å². The Hall–Kier alpha value is -1.59. The molecule has 3 rings (SSSR count). The summed E-state index contributed by atoms with van der Waals surface area (Å²) in [4.78, 5) is 0. The molecule has 1 unspecified atom stereocenters. The number of halogens is 3. The Kier molecular flexibility index (Phi) is 5.35. The summed E-state index contributed by atoms with van der Waals surface area (Å²) in [6.45, 7) is 0. The van der Waals surface area contributed by atoms with Gasteiger partial charge in [0.15, 0.2) is 3.79 Å². The number of H-pyrrole nitrogens is 1. The summed E-state index contributed by atoms with van der Waals surface area (Å²) >= 11 is 17.9. The van der Waals surface area contributed by atoms with E-state index in [-0.39, 0.29) is 12.8 Å². The number of hydrogen-bond acceptors (Lipinski definition) is 3. The van der Waals surface area contributed by atoms with E-state index in [1.807, 2.05) is 54.6 Å². The lowest BCUT2D eigenvalue weighted by Gasteiger charge is -2.31. The zero-order chi connectivity index (χ0) is 17.9. The number of benzene rings is 2. The second-order valence-electron chi connectivity index (χ2n) is 5.91. The van der Waals surface area contributed by atoms with Gasteiger partial charge in [-0.15, -0.1) is 0 Å². The lowest BCUT2D eigenvalue weighted by molar-refractivity contribution is 0.0279. The SMILES string of the molecule is OC(Cc1cn[nH]n1)(CC(Cl)(Cl)Cl)c1ccc(-c2ccccc2)cc1. The summed E-state index contributed by atoms with van der Waals surface area (Å²) in [7, 11) is 0. The third kappa shape index (κ3) is 4.73. The van der Waals surface area contributed by atoms with Crippen molar-refractivity contribution in [2.24, 2.45) is 0 Å². The Bertz CT molecular complexity index is 802. The van der Waals surface area contributed by atoms with Crippen LogP contribution in [0.1, 0.15) is 17.7 Å². The molecule has 0 spiro atoms. The summed E-state index contributed by atoms with van der Waals surface area (Å²) < 4.78 is -1.60. The summed E-state index contributed by atoms with van der Waals surface area (Å²) in [5.74, 6) is 0. The Morgan fingerprint density at radius 1 is 0.920 bits per heavy atom. The normalized spacial score (nSPS) is 14.2. The predicted octanol–water partition coefficient (Wildman–Crippen LogP) is 4.66. The van der Waals surface area contributed by atoms with E-state index >= 15 is 0 Å². The van der Waals surface area contributed by atoms with Crippen molar-refractivity contribution in [3.05, 3.63) is 72.1 Å². The molecule has 0 amide bonds. The Morgan fingerprint density at radius 3 is 2.12 bits per heavy atom. The number of rotatable bonds is 5. The highest BCUT2D eigenvalue weighted by Gasteiger charge is 2.39. The lowest BCUT2D eigenvalue weighted by Crippen LogP contribution is -2.33. The van der Waals surface area contributed by atoms with Gasteiger partial charge in [0.05, 0.1) is 17.5 Å². The van der Waals surface area contributed by atoms with Crippen LogP contribution in [0, 0.1) is 0 Å². The van der Waals surface area contributed by atoms with E-state index in [4.69, 9.17) is 34.8 Å². The highest BCUT2D eigenvalue weighted by atomic mass is 35.6. The molecule has 0 fully saturated rings. The van der Waals surface area contributed by atoms with Crippen LogP contribution < -0.4 is 0 Å². The number of aromatic nitrogens is 3. The minimum atomic E-state index is -1.60. The molecule has 0 aliphatic heterocycles. The third-order valence-electron chi connectivity index (χ3n) is 3.96. The van der Waals surface area contributed by atoms with Gasteiger partial charge in [0.25, 0.3) is 0 Å². The number of alkyl halides is 3. The number of aliphatic hydroxyl groups is 1. The minimum Gasteiger partial charge on any atom is -0.385 e. The zero-order valence-electron chi connectivity index (χ0n) is 13.2. The van der Waals surface area contributed by atoms with E-state index in [1.165, 1.54) is 0 Å². The molecule has 4 nitrogen and oxygen atoms in total. The van der Waals surface area contributed by atoms with Crippen molar-refractivity contribution in [3.63, 3.8) is 0 Å². The summed E-state index contributed by atoms with van der Waals surface area (Å²) in [5.41, 5.74) is 2.00. The molecule has 0 saturated carbocycles. The van der Waals surface area contributed by atoms with Gasteiger partial charge in [-0.05, 0) is 16.7 Å². The molecule has 7 heteroatoms. The van der Waals surface area contributed by atoms with Gasteiger partial charge in [-0.1, -0.05) is 89.4 Å². The smallest absolute Gasteiger partial charge is 0.193 e. The van der Waals surface area contributed by atoms with E-state index < -0.39 is 9.39 Å². The van der Waals surface area contributed by atoms with Gasteiger partial charge in [-0.2, -0.15) is 15.4 Å². The van der Waals surface area contributed by atoms with Gasteiger partial charge in [-0.3, -0.25) is 0 Å². The van der Waals surface area contributed by atoms with Crippen LogP contribution in [0.2, 0.25) is 0 Å². The molecule has 0 radical (unpaired) electrons. The van der Waals surface area contributed by atoms with Gasteiger partial charge in [0.2, 0.25) is 0 Å². The maximum atomic E-state index is 11.2. The molecule has 25 heavy (non-hydrogen) atoms. The Balaban J connectivity index is 1.92. The largest absolute Gasteiger partial charge is 0.385 e. The standard InChI is InChI=1S/C18H16Cl3N3O/c19-18(20,21)12-17(25,10-16-11-22-24-23-16)15-8-6-14(7-9-15)13-4-2-1-3-5-13/h1-9,11,25H,10,12H2,(H,22,23,24). The van der Waals surface area contributed by atoms with E-state index in [9.17, 15) is 5.11 Å². The summed E-state index contributed by atoms with van der Waals surface area (Å²) in [6.07, 6.45) is 1.66. The minimum absolute atomic E-state index is 0.0673. The van der Waals surface area contributed by atoms with Crippen molar-refractivity contribution in [3.8, 4) is 11.1 Å². The van der Waals surface area contributed by atoms with Crippen molar-refractivity contribution >= 4 is 34.8 Å². The predicted molar refractivity (Wildman–Crippen MR) is 101 cm³/mol. The average molecular weight is 397 g/mol. The quantitative estimate of drug-likeness (QED) is 0.616. The van der Waals surface area contributed by atoms with Crippen molar-refractivity contribution in [2.45, 2.75) is 22.2 Å².